The third-order valence-electron chi connectivity index (χ3n) is 5.34. The number of amides is 1. The van der Waals surface area contributed by atoms with Crippen molar-refractivity contribution in [3.8, 4) is 11.4 Å². The molecule has 1 aromatic carbocycles. The molecule has 0 spiro atoms. The molecule has 2 unspecified atom stereocenters. The topological polar surface area (TPSA) is 127 Å². The molecule has 3 heterocycles. The third-order valence-corrected chi connectivity index (χ3v) is 5.34. The van der Waals surface area contributed by atoms with E-state index >= 15 is 0 Å². The molecule has 1 saturated heterocycles. The number of aromatic nitrogens is 4. The lowest BCUT2D eigenvalue weighted by Crippen LogP contribution is -2.41. The van der Waals surface area contributed by atoms with Gasteiger partial charge in [-0.2, -0.15) is 9.97 Å². The number of ether oxygens (including phenoxy) is 1. The summed E-state index contributed by atoms with van der Waals surface area (Å²) < 4.78 is 10.5. The SMILES string of the molecule is CC(C)c1ccc(-c2noc(C(C)Nc3nccc(N4C(=O)OCC4[C@@H](C)O)n3)n2)cc1. The lowest BCUT2D eigenvalue weighted by atomic mass is 10.0. The molecule has 168 valence electrons. The van der Waals surface area contributed by atoms with Gasteiger partial charge >= 0.3 is 6.09 Å². The van der Waals surface area contributed by atoms with E-state index in [-0.39, 0.29) is 18.6 Å². The van der Waals surface area contributed by atoms with E-state index in [0.29, 0.717) is 23.5 Å². The monoisotopic (exact) mass is 438 g/mol. The normalized spacial score (nSPS) is 18.0. The summed E-state index contributed by atoms with van der Waals surface area (Å²) >= 11 is 0. The maximum atomic E-state index is 12.1. The molecule has 1 aliphatic heterocycles. The Morgan fingerprint density at radius 1 is 1.12 bits per heavy atom. The van der Waals surface area contributed by atoms with E-state index in [4.69, 9.17) is 9.26 Å². The molecule has 4 rings (SSSR count). The van der Waals surface area contributed by atoms with Crippen LogP contribution in [0.1, 0.15) is 51.1 Å². The minimum Gasteiger partial charge on any atom is -0.447 e. The van der Waals surface area contributed by atoms with Gasteiger partial charge in [-0.1, -0.05) is 43.3 Å². The Balaban J connectivity index is 1.48. The Labute approximate surface area is 185 Å². The van der Waals surface area contributed by atoms with Crippen molar-refractivity contribution in [2.45, 2.75) is 51.8 Å². The summed E-state index contributed by atoms with van der Waals surface area (Å²) in [5.74, 6) is 1.94. The van der Waals surface area contributed by atoms with Crippen LogP contribution in [0.2, 0.25) is 0 Å². The van der Waals surface area contributed by atoms with Crippen LogP contribution in [0.3, 0.4) is 0 Å². The highest BCUT2D eigenvalue weighted by atomic mass is 16.6. The van der Waals surface area contributed by atoms with E-state index in [1.807, 2.05) is 19.1 Å². The molecule has 10 heteroatoms. The smallest absolute Gasteiger partial charge is 0.416 e. The number of carbonyl (C=O) groups is 1. The van der Waals surface area contributed by atoms with Crippen molar-refractivity contribution in [1.29, 1.82) is 0 Å². The second-order valence-corrected chi connectivity index (χ2v) is 8.09. The van der Waals surface area contributed by atoms with E-state index in [1.54, 1.807) is 13.0 Å². The summed E-state index contributed by atoms with van der Waals surface area (Å²) in [6, 6.07) is 8.76. The quantitative estimate of drug-likeness (QED) is 0.569. The zero-order valence-electron chi connectivity index (χ0n) is 18.4. The Morgan fingerprint density at radius 2 is 1.88 bits per heavy atom. The fourth-order valence-electron chi connectivity index (χ4n) is 3.41. The number of aliphatic hydroxyl groups excluding tert-OH is 1. The second kappa shape index (κ2) is 8.91. The first-order valence-electron chi connectivity index (χ1n) is 10.5. The zero-order valence-corrected chi connectivity index (χ0v) is 18.4. The van der Waals surface area contributed by atoms with Crippen molar-refractivity contribution in [2.24, 2.45) is 0 Å². The Kier molecular flexibility index (Phi) is 6.04. The predicted octanol–water partition coefficient (Wildman–Crippen LogP) is 3.53. The van der Waals surface area contributed by atoms with Crippen molar-refractivity contribution in [2.75, 3.05) is 16.8 Å². The largest absolute Gasteiger partial charge is 0.447 e. The third kappa shape index (κ3) is 4.40. The number of nitrogens with zero attached hydrogens (tertiary/aromatic N) is 5. The van der Waals surface area contributed by atoms with Gasteiger partial charge in [-0.3, -0.25) is 4.90 Å². The molecule has 1 aliphatic rings. The van der Waals surface area contributed by atoms with Gasteiger partial charge < -0.3 is 19.7 Å². The van der Waals surface area contributed by atoms with Crippen LogP contribution in [-0.2, 0) is 4.74 Å². The zero-order chi connectivity index (χ0) is 22.8. The Morgan fingerprint density at radius 3 is 2.56 bits per heavy atom. The highest BCUT2D eigenvalue weighted by molar-refractivity contribution is 5.89. The molecule has 0 radical (unpaired) electrons. The van der Waals surface area contributed by atoms with Crippen LogP contribution in [0.15, 0.2) is 41.1 Å². The number of anilines is 2. The van der Waals surface area contributed by atoms with Gasteiger partial charge in [-0.25, -0.2) is 9.78 Å². The molecular formula is C22H26N6O4. The molecule has 0 aliphatic carbocycles. The number of rotatable bonds is 7. The molecular weight excluding hydrogens is 412 g/mol. The minimum absolute atomic E-state index is 0.0998. The molecule has 0 bridgehead atoms. The summed E-state index contributed by atoms with van der Waals surface area (Å²) in [7, 11) is 0. The first kappa shape index (κ1) is 21.7. The molecule has 2 N–H and O–H groups in total. The van der Waals surface area contributed by atoms with Gasteiger partial charge in [0.15, 0.2) is 0 Å². The van der Waals surface area contributed by atoms with Crippen LogP contribution >= 0.6 is 0 Å². The molecule has 1 fully saturated rings. The Bertz CT molecular complexity index is 1080. The highest BCUT2D eigenvalue weighted by Crippen LogP contribution is 2.26. The molecule has 3 aromatic rings. The summed E-state index contributed by atoms with van der Waals surface area (Å²) in [5, 5.41) is 17.1. The van der Waals surface area contributed by atoms with Gasteiger partial charge in [0, 0.05) is 11.8 Å². The van der Waals surface area contributed by atoms with Gasteiger partial charge in [0.25, 0.3) is 0 Å². The fraction of sp³-hybridized carbons (Fsp3) is 0.409. The number of hydrogen-bond donors (Lipinski definition) is 2. The van der Waals surface area contributed by atoms with Crippen LogP contribution < -0.4 is 10.2 Å². The highest BCUT2D eigenvalue weighted by Gasteiger charge is 2.38. The maximum absolute atomic E-state index is 12.1. The van der Waals surface area contributed by atoms with Gasteiger partial charge in [-0.15, -0.1) is 0 Å². The molecule has 2 aromatic heterocycles. The van der Waals surface area contributed by atoms with Crippen molar-refractivity contribution >= 4 is 17.9 Å². The van der Waals surface area contributed by atoms with E-state index in [2.05, 4.69) is 51.4 Å². The number of carbonyl (C=O) groups excluding carboxylic acids is 1. The Hall–Kier alpha value is -3.53. The maximum Gasteiger partial charge on any atom is 0.416 e. The van der Waals surface area contributed by atoms with E-state index in [9.17, 15) is 9.90 Å². The number of nitrogens with one attached hydrogen (secondary N) is 1. The summed E-state index contributed by atoms with van der Waals surface area (Å²) in [6.07, 6.45) is 0.203. The summed E-state index contributed by atoms with van der Waals surface area (Å²) in [6.45, 7) is 7.83. The second-order valence-electron chi connectivity index (χ2n) is 8.09. The standard InChI is InChI=1S/C22H26N6O4/c1-12(2)15-5-7-16(8-6-15)19-26-20(32-27-19)13(3)24-21-23-10-9-18(25-21)28-17(14(4)29)11-31-22(28)30/h5-10,12-14,17,29H,11H2,1-4H3,(H,23,24,25)/t13?,14-,17?/m1/s1. The lowest BCUT2D eigenvalue weighted by Gasteiger charge is -2.22. The number of benzene rings is 1. The van der Waals surface area contributed by atoms with Crippen molar-refractivity contribution < 1.29 is 19.2 Å². The first-order chi connectivity index (χ1) is 15.3. The lowest BCUT2D eigenvalue weighted by molar-refractivity contribution is 0.142. The average Bonchev–Trinajstić information content (AvgIpc) is 3.41. The summed E-state index contributed by atoms with van der Waals surface area (Å²) in [4.78, 5) is 26.5. The van der Waals surface area contributed by atoms with Crippen molar-refractivity contribution in [1.82, 2.24) is 20.1 Å². The number of aliphatic hydroxyl groups is 1. The van der Waals surface area contributed by atoms with Gasteiger partial charge in [0.1, 0.15) is 24.5 Å². The average molecular weight is 438 g/mol. The number of hydrogen-bond acceptors (Lipinski definition) is 9. The molecule has 0 saturated carbocycles. The summed E-state index contributed by atoms with van der Waals surface area (Å²) in [5.41, 5.74) is 2.11. The van der Waals surface area contributed by atoms with Gasteiger partial charge in [-0.05, 0) is 31.4 Å². The predicted molar refractivity (Wildman–Crippen MR) is 117 cm³/mol. The molecule has 32 heavy (non-hydrogen) atoms. The number of cyclic esters (lactones) is 1. The first-order valence-corrected chi connectivity index (χ1v) is 10.5. The van der Waals surface area contributed by atoms with Gasteiger partial charge in [0.05, 0.1) is 6.10 Å². The van der Waals surface area contributed by atoms with Crippen LogP contribution in [0.5, 0.6) is 0 Å². The van der Waals surface area contributed by atoms with E-state index in [0.717, 1.165) is 5.56 Å². The van der Waals surface area contributed by atoms with Crippen LogP contribution in [0.25, 0.3) is 11.4 Å². The van der Waals surface area contributed by atoms with Gasteiger partial charge in [0.2, 0.25) is 17.7 Å². The molecule has 10 nitrogen and oxygen atoms in total. The van der Waals surface area contributed by atoms with Crippen molar-refractivity contribution in [3.63, 3.8) is 0 Å². The fourth-order valence-corrected chi connectivity index (χ4v) is 3.41. The molecule has 1 amide bonds. The minimum atomic E-state index is -0.766. The van der Waals surface area contributed by atoms with Crippen LogP contribution in [0.4, 0.5) is 16.6 Å². The van der Waals surface area contributed by atoms with E-state index in [1.165, 1.54) is 16.7 Å². The van der Waals surface area contributed by atoms with Crippen LogP contribution in [0, 0.1) is 0 Å². The van der Waals surface area contributed by atoms with Crippen LogP contribution in [-0.4, -0.2) is 50.1 Å². The van der Waals surface area contributed by atoms with E-state index < -0.39 is 18.2 Å². The van der Waals surface area contributed by atoms with Crippen molar-refractivity contribution in [3.05, 3.63) is 48.0 Å². The molecule has 3 atom stereocenters.